The van der Waals surface area contributed by atoms with E-state index in [0.717, 1.165) is 35.9 Å². The number of hydrogen-bond acceptors (Lipinski definition) is 4. The summed E-state index contributed by atoms with van der Waals surface area (Å²) in [6.45, 7) is 9.45. The molecular formula is C19H27N3O. The number of nitrogens with zero attached hydrogens (tertiary/aromatic N) is 2. The van der Waals surface area contributed by atoms with Crippen molar-refractivity contribution in [1.29, 1.82) is 0 Å². The molecule has 0 saturated heterocycles. The average Bonchev–Trinajstić information content (AvgIpc) is 2.55. The number of rotatable bonds is 7. The minimum atomic E-state index is 0.0927. The van der Waals surface area contributed by atoms with Crippen molar-refractivity contribution in [2.45, 2.75) is 52.6 Å². The molecule has 0 saturated carbocycles. The number of hydrogen-bond donors (Lipinski definition) is 2. The molecule has 1 aromatic carbocycles. The van der Waals surface area contributed by atoms with Crippen LogP contribution in [0, 0.1) is 0 Å². The summed E-state index contributed by atoms with van der Waals surface area (Å²) >= 11 is 0. The number of aromatic nitrogens is 2. The third-order valence-electron chi connectivity index (χ3n) is 3.80. The third kappa shape index (κ3) is 5.03. The number of benzene rings is 1. The van der Waals surface area contributed by atoms with Crippen molar-refractivity contribution in [2.24, 2.45) is 0 Å². The van der Waals surface area contributed by atoms with Gasteiger partial charge in [0.15, 0.2) is 0 Å². The molecule has 23 heavy (non-hydrogen) atoms. The van der Waals surface area contributed by atoms with E-state index in [1.165, 1.54) is 5.56 Å². The maximum absolute atomic E-state index is 9.07. The van der Waals surface area contributed by atoms with Crippen molar-refractivity contribution in [1.82, 2.24) is 9.97 Å². The molecule has 4 heteroatoms. The van der Waals surface area contributed by atoms with Crippen LogP contribution in [0.4, 0.5) is 5.82 Å². The number of nitrogens with one attached hydrogen (secondary N) is 1. The lowest BCUT2D eigenvalue weighted by atomic mass is 10.1. The zero-order valence-corrected chi connectivity index (χ0v) is 14.5. The van der Waals surface area contributed by atoms with Gasteiger partial charge in [0, 0.05) is 24.2 Å². The minimum Gasteiger partial charge on any atom is -0.392 e. The van der Waals surface area contributed by atoms with Crippen molar-refractivity contribution in [3.63, 3.8) is 0 Å². The summed E-state index contributed by atoms with van der Waals surface area (Å²) in [7, 11) is 0. The van der Waals surface area contributed by atoms with E-state index in [-0.39, 0.29) is 6.61 Å². The molecule has 0 amide bonds. The van der Waals surface area contributed by atoms with Gasteiger partial charge in [0.1, 0.15) is 11.6 Å². The largest absolute Gasteiger partial charge is 0.392 e. The molecule has 0 aliphatic rings. The molecule has 0 spiro atoms. The van der Waals surface area contributed by atoms with Crippen molar-refractivity contribution >= 4 is 5.82 Å². The first-order valence-corrected chi connectivity index (χ1v) is 8.31. The van der Waals surface area contributed by atoms with Gasteiger partial charge in [0.25, 0.3) is 0 Å². The van der Waals surface area contributed by atoms with E-state index in [0.29, 0.717) is 11.8 Å². The highest BCUT2D eigenvalue weighted by molar-refractivity contribution is 5.37. The molecule has 2 N–H and O–H groups in total. The van der Waals surface area contributed by atoms with Crippen LogP contribution in [0.25, 0.3) is 0 Å². The van der Waals surface area contributed by atoms with Gasteiger partial charge in [-0.3, -0.25) is 0 Å². The maximum atomic E-state index is 9.07. The van der Waals surface area contributed by atoms with E-state index < -0.39 is 0 Å². The molecule has 2 rings (SSSR count). The quantitative estimate of drug-likeness (QED) is 0.814. The van der Waals surface area contributed by atoms with Crippen molar-refractivity contribution in [3.8, 4) is 0 Å². The molecule has 2 aromatic rings. The van der Waals surface area contributed by atoms with E-state index in [1.807, 2.05) is 18.2 Å². The van der Waals surface area contributed by atoms with Crippen LogP contribution in [0.2, 0.25) is 0 Å². The molecule has 4 nitrogen and oxygen atoms in total. The summed E-state index contributed by atoms with van der Waals surface area (Å²) in [6.07, 6.45) is 0.920. The van der Waals surface area contributed by atoms with E-state index in [1.54, 1.807) is 0 Å². The average molecular weight is 313 g/mol. The summed E-state index contributed by atoms with van der Waals surface area (Å²) in [5, 5.41) is 12.5. The SMILES string of the molecule is CC(C)c1cc(NCCc2ccc(CO)cc2)nc(C(C)C)n1. The Hall–Kier alpha value is -1.94. The number of aliphatic hydroxyl groups excluding tert-OH is 1. The lowest BCUT2D eigenvalue weighted by Crippen LogP contribution is -2.11. The van der Waals surface area contributed by atoms with Crippen LogP contribution < -0.4 is 5.32 Å². The summed E-state index contributed by atoms with van der Waals surface area (Å²) < 4.78 is 0. The second-order valence-electron chi connectivity index (χ2n) is 6.50. The Morgan fingerprint density at radius 1 is 0.957 bits per heavy atom. The summed E-state index contributed by atoms with van der Waals surface area (Å²) in [5.74, 6) is 2.51. The first kappa shape index (κ1) is 17.4. The zero-order valence-electron chi connectivity index (χ0n) is 14.5. The van der Waals surface area contributed by atoms with Crippen molar-refractivity contribution < 1.29 is 5.11 Å². The van der Waals surface area contributed by atoms with Crippen LogP contribution in [-0.4, -0.2) is 21.6 Å². The fourth-order valence-electron chi connectivity index (χ4n) is 2.28. The number of anilines is 1. The van der Waals surface area contributed by atoms with Gasteiger partial charge in [-0.25, -0.2) is 9.97 Å². The maximum Gasteiger partial charge on any atom is 0.133 e. The highest BCUT2D eigenvalue weighted by Gasteiger charge is 2.10. The van der Waals surface area contributed by atoms with Crippen LogP contribution in [0.15, 0.2) is 30.3 Å². The lowest BCUT2D eigenvalue weighted by Gasteiger charge is -2.13. The molecule has 0 fully saturated rings. The Bertz CT molecular complexity index is 595. The van der Waals surface area contributed by atoms with Gasteiger partial charge in [-0.15, -0.1) is 0 Å². The second kappa shape index (κ2) is 8.06. The molecular weight excluding hydrogens is 286 g/mol. The van der Waals surface area contributed by atoms with E-state index in [4.69, 9.17) is 5.11 Å². The minimum absolute atomic E-state index is 0.0927. The smallest absolute Gasteiger partial charge is 0.133 e. The lowest BCUT2D eigenvalue weighted by molar-refractivity contribution is 0.282. The Morgan fingerprint density at radius 2 is 1.61 bits per heavy atom. The zero-order chi connectivity index (χ0) is 16.8. The highest BCUT2D eigenvalue weighted by atomic mass is 16.3. The second-order valence-corrected chi connectivity index (χ2v) is 6.50. The molecule has 0 radical (unpaired) electrons. The fraction of sp³-hybridized carbons (Fsp3) is 0.474. The molecule has 0 unspecified atom stereocenters. The van der Waals surface area contributed by atoms with E-state index >= 15 is 0 Å². The van der Waals surface area contributed by atoms with Crippen LogP contribution in [0.5, 0.6) is 0 Å². The standard InChI is InChI=1S/C19H27N3O/c1-13(2)17-11-18(22-19(21-17)14(3)4)20-10-9-15-5-7-16(12-23)8-6-15/h5-8,11,13-14,23H,9-10,12H2,1-4H3,(H,20,21,22). The van der Waals surface area contributed by atoms with Crippen molar-refractivity contribution in [3.05, 3.63) is 53.0 Å². The molecule has 124 valence electrons. The predicted molar refractivity (Wildman–Crippen MR) is 94.8 cm³/mol. The summed E-state index contributed by atoms with van der Waals surface area (Å²) in [5.41, 5.74) is 3.27. The van der Waals surface area contributed by atoms with Gasteiger partial charge >= 0.3 is 0 Å². The first-order valence-electron chi connectivity index (χ1n) is 8.31. The van der Waals surface area contributed by atoms with Crippen LogP contribution in [-0.2, 0) is 13.0 Å². The Labute approximate surface area is 139 Å². The van der Waals surface area contributed by atoms with Gasteiger partial charge in [-0.2, -0.15) is 0 Å². The highest BCUT2D eigenvalue weighted by Crippen LogP contribution is 2.19. The van der Waals surface area contributed by atoms with Gasteiger partial charge in [-0.1, -0.05) is 52.0 Å². The molecule has 0 bridgehead atoms. The summed E-state index contributed by atoms with van der Waals surface area (Å²) in [4.78, 5) is 9.26. The van der Waals surface area contributed by atoms with Crippen LogP contribution >= 0.6 is 0 Å². The number of aliphatic hydroxyl groups is 1. The Balaban J connectivity index is 2.01. The van der Waals surface area contributed by atoms with Gasteiger partial charge in [0.05, 0.1) is 6.61 Å². The normalized spacial score (nSPS) is 11.3. The fourth-order valence-corrected chi connectivity index (χ4v) is 2.28. The van der Waals surface area contributed by atoms with Crippen LogP contribution in [0.3, 0.4) is 0 Å². The molecule has 0 atom stereocenters. The molecule has 0 aliphatic heterocycles. The van der Waals surface area contributed by atoms with E-state index in [2.05, 4.69) is 55.1 Å². The third-order valence-corrected chi connectivity index (χ3v) is 3.80. The predicted octanol–water partition coefficient (Wildman–Crippen LogP) is 3.87. The monoisotopic (exact) mass is 313 g/mol. The van der Waals surface area contributed by atoms with Gasteiger partial charge in [-0.05, 0) is 23.5 Å². The topological polar surface area (TPSA) is 58.0 Å². The van der Waals surface area contributed by atoms with Gasteiger partial charge in [0.2, 0.25) is 0 Å². The molecule has 1 heterocycles. The summed E-state index contributed by atoms with van der Waals surface area (Å²) in [6, 6.07) is 10.1. The van der Waals surface area contributed by atoms with Crippen LogP contribution in [0.1, 0.15) is 62.2 Å². The Kier molecular flexibility index (Phi) is 6.11. The van der Waals surface area contributed by atoms with Gasteiger partial charge < -0.3 is 10.4 Å². The van der Waals surface area contributed by atoms with E-state index in [9.17, 15) is 0 Å². The van der Waals surface area contributed by atoms with Crippen molar-refractivity contribution in [2.75, 3.05) is 11.9 Å². The molecule has 1 aromatic heterocycles. The first-order chi connectivity index (χ1) is 11.0. The molecule has 0 aliphatic carbocycles. The Morgan fingerprint density at radius 3 is 2.17 bits per heavy atom.